The summed E-state index contributed by atoms with van der Waals surface area (Å²) in [6, 6.07) is 9.86. The second-order valence-electron chi connectivity index (χ2n) is 6.46. The molecule has 2 amide bonds. The number of nitrogens with one attached hydrogen (secondary N) is 2. The molecule has 0 atom stereocenters. The van der Waals surface area contributed by atoms with Crippen LogP contribution in [0.25, 0.3) is 0 Å². The second-order valence-corrected chi connectivity index (χ2v) is 6.46. The molecular weight excluding hydrogens is 372 g/mol. The van der Waals surface area contributed by atoms with Gasteiger partial charge in [0.25, 0.3) is 11.8 Å². The normalized spacial score (nSPS) is 10.2. The largest absolute Gasteiger partial charge is 0.493 e. The van der Waals surface area contributed by atoms with Crippen molar-refractivity contribution in [1.82, 2.24) is 10.9 Å². The van der Waals surface area contributed by atoms with Gasteiger partial charge in [-0.25, -0.2) is 0 Å². The summed E-state index contributed by atoms with van der Waals surface area (Å²) in [5.74, 6) is 0.701. The second kappa shape index (κ2) is 10.2. The van der Waals surface area contributed by atoms with E-state index < -0.39 is 11.8 Å². The van der Waals surface area contributed by atoms with Crippen LogP contribution in [0.1, 0.15) is 40.1 Å². The highest BCUT2D eigenvalue weighted by Crippen LogP contribution is 2.33. The number of methoxy groups -OCH3 is 2. The topological polar surface area (TPSA) is 85.9 Å². The molecule has 0 saturated heterocycles. The van der Waals surface area contributed by atoms with E-state index >= 15 is 0 Å². The maximum Gasteiger partial charge on any atom is 0.269 e. The molecule has 7 nitrogen and oxygen atoms in total. The Labute approximate surface area is 170 Å². The summed E-state index contributed by atoms with van der Waals surface area (Å²) in [5, 5.41) is 0. The number of ether oxygens (including phenoxy) is 3. The minimum Gasteiger partial charge on any atom is -0.493 e. The first-order valence-corrected chi connectivity index (χ1v) is 9.12. The molecule has 2 rings (SSSR count). The fourth-order valence-electron chi connectivity index (χ4n) is 2.70. The van der Waals surface area contributed by atoms with Crippen LogP contribution in [-0.4, -0.2) is 32.1 Å². The maximum absolute atomic E-state index is 12.5. The van der Waals surface area contributed by atoms with E-state index in [1.807, 2.05) is 13.8 Å². The zero-order chi connectivity index (χ0) is 21.4. The first-order chi connectivity index (χ1) is 13.9. The quantitative estimate of drug-likeness (QED) is 0.526. The molecule has 0 saturated carbocycles. The molecule has 0 radical (unpaired) electrons. The van der Waals surface area contributed by atoms with Gasteiger partial charge in [0.05, 0.1) is 20.3 Å². The first-order valence-electron chi connectivity index (χ1n) is 9.12. The fraction of sp³-hybridized carbons (Fsp3) is 0.273. The predicted molar refractivity (Wildman–Crippen MR) is 111 cm³/mol. The summed E-state index contributed by atoms with van der Waals surface area (Å²) in [4.78, 5) is 24.8. The van der Waals surface area contributed by atoms with Crippen LogP contribution in [0.5, 0.6) is 17.2 Å². The van der Waals surface area contributed by atoms with Gasteiger partial charge in [0.2, 0.25) is 0 Å². The van der Waals surface area contributed by atoms with Gasteiger partial charge in [0, 0.05) is 16.7 Å². The third-order valence-electron chi connectivity index (χ3n) is 3.96. The van der Waals surface area contributed by atoms with Gasteiger partial charge in [0.1, 0.15) is 5.75 Å². The minimum absolute atomic E-state index is 0.0430. The van der Waals surface area contributed by atoms with Crippen molar-refractivity contribution in [3.05, 3.63) is 65.7 Å². The third kappa shape index (κ3) is 5.75. The Morgan fingerprint density at radius 1 is 1.00 bits per heavy atom. The molecular formula is C22H26N2O5. The van der Waals surface area contributed by atoms with Crippen molar-refractivity contribution < 1.29 is 23.8 Å². The Kier molecular flexibility index (Phi) is 7.65. The molecule has 0 aliphatic rings. The molecule has 0 aliphatic carbocycles. The number of benzene rings is 2. The van der Waals surface area contributed by atoms with Gasteiger partial charge >= 0.3 is 0 Å². The molecule has 29 heavy (non-hydrogen) atoms. The number of hydrazine groups is 1. The monoisotopic (exact) mass is 398 g/mol. The van der Waals surface area contributed by atoms with Gasteiger partial charge in [-0.05, 0) is 56.7 Å². The van der Waals surface area contributed by atoms with E-state index in [9.17, 15) is 9.59 Å². The van der Waals surface area contributed by atoms with Crippen LogP contribution >= 0.6 is 0 Å². The highest BCUT2D eigenvalue weighted by molar-refractivity contribution is 5.99. The van der Waals surface area contributed by atoms with Crippen LogP contribution in [0.3, 0.4) is 0 Å². The molecule has 0 aliphatic heterocycles. The summed E-state index contributed by atoms with van der Waals surface area (Å²) in [5.41, 5.74) is 6.27. The molecule has 2 aromatic rings. The van der Waals surface area contributed by atoms with Gasteiger partial charge < -0.3 is 14.2 Å². The zero-order valence-electron chi connectivity index (χ0n) is 17.1. The molecule has 0 fully saturated rings. The lowest BCUT2D eigenvalue weighted by molar-refractivity contribution is 0.0846. The van der Waals surface area contributed by atoms with Crippen LogP contribution in [-0.2, 0) is 6.42 Å². The fourth-order valence-corrected chi connectivity index (χ4v) is 2.70. The lowest BCUT2D eigenvalue weighted by Crippen LogP contribution is -2.41. The summed E-state index contributed by atoms with van der Waals surface area (Å²) < 4.78 is 16.2. The number of rotatable bonds is 8. The predicted octanol–water partition coefficient (Wildman–Crippen LogP) is 3.29. The molecule has 0 spiro atoms. The Balaban J connectivity index is 2.09. The van der Waals surface area contributed by atoms with Crippen LogP contribution < -0.4 is 25.1 Å². The Hall–Kier alpha value is -3.48. The van der Waals surface area contributed by atoms with Crippen LogP contribution in [0.4, 0.5) is 0 Å². The lowest BCUT2D eigenvalue weighted by Gasteiger charge is -2.15. The minimum atomic E-state index is -0.482. The number of carbonyl (C=O) groups is 2. The standard InChI is InChI=1S/C22H26N2O5/c1-6-7-16-12-17(13-19(27-4)20(16)28-5)22(26)24-23-21(25)15-8-10-18(11-9-15)29-14(2)3/h6,8-14H,1,7H2,2-5H3,(H,23,25)(H,24,26). The molecule has 0 bridgehead atoms. The Morgan fingerprint density at radius 3 is 2.14 bits per heavy atom. The number of hydrogen-bond donors (Lipinski definition) is 2. The number of hydrogen-bond acceptors (Lipinski definition) is 5. The third-order valence-corrected chi connectivity index (χ3v) is 3.96. The van der Waals surface area contributed by atoms with Crippen molar-refractivity contribution in [2.45, 2.75) is 26.4 Å². The Bertz CT molecular complexity index is 876. The average molecular weight is 398 g/mol. The van der Waals surface area contributed by atoms with Gasteiger partial charge in [-0.1, -0.05) is 6.08 Å². The van der Waals surface area contributed by atoms with Crippen molar-refractivity contribution in [3.8, 4) is 17.2 Å². The maximum atomic E-state index is 12.5. The van der Waals surface area contributed by atoms with Crippen molar-refractivity contribution in [2.24, 2.45) is 0 Å². The van der Waals surface area contributed by atoms with E-state index in [0.29, 0.717) is 34.8 Å². The van der Waals surface area contributed by atoms with Crippen molar-refractivity contribution in [1.29, 1.82) is 0 Å². The van der Waals surface area contributed by atoms with E-state index in [4.69, 9.17) is 14.2 Å². The average Bonchev–Trinajstić information content (AvgIpc) is 2.71. The van der Waals surface area contributed by atoms with Crippen LogP contribution in [0, 0.1) is 0 Å². The van der Waals surface area contributed by atoms with Crippen LogP contribution in [0.15, 0.2) is 49.1 Å². The van der Waals surface area contributed by atoms with Gasteiger partial charge in [-0.2, -0.15) is 0 Å². The van der Waals surface area contributed by atoms with Gasteiger partial charge in [-0.15, -0.1) is 6.58 Å². The zero-order valence-corrected chi connectivity index (χ0v) is 17.1. The molecule has 2 N–H and O–H groups in total. The highest BCUT2D eigenvalue weighted by atomic mass is 16.5. The molecule has 0 unspecified atom stereocenters. The van der Waals surface area contributed by atoms with Gasteiger partial charge in [0.15, 0.2) is 11.5 Å². The van der Waals surface area contributed by atoms with E-state index in [1.165, 1.54) is 14.2 Å². The smallest absolute Gasteiger partial charge is 0.269 e. The van der Waals surface area contributed by atoms with Crippen molar-refractivity contribution in [3.63, 3.8) is 0 Å². The summed E-state index contributed by atoms with van der Waals surface area (Å²) in [7, 11) is 3.02. The van der Waals surface area contributed by atoms with E-state index in [-0.39, 0.29) is 6.10 Å². The number of allylic oxidation sites excluding steroid dienone is 1. The molecule has 7 heteroatoms. The van der Waals surface area contributed by atoms with Crippen molar-refractivity contribution in [2.75, 3.05) is 14.2 Å². The molecule has 0 aromatic heterocycles. The van der Waals surface area contributed by atoms with Gasteiger partial charge in [-0.3, -0.25) is 20.4 Å². The molecule has 2 aromatic carbocycles. The molecule has 0 heterocycles. The lowest BCUT2D eigenvalue weighted by atomic mass is 10.1. The van der Waals surface area contributed by atoms with E-state index in [1.54, 1.807) is 42.5 Å². The Morgan fingerprint density at radius 2 is 1.62 bits per heavy atom. The molecule has 154 valence electrons. The van der Waals surface area contributed by atoms with E-state index in [0.717, 1.165) is 5.56 Å². The summed E-state index contributed by atoms with van der Waals surface area (Å²) >= 11 is 0. The summed E-state index contributed by atoms with van der Waals surface area (Å²) in [6.07, 6.45) is 2.24. The van der Waals surface area contributed by atoms with Crippen molar-refractivity contribution >= 4 is 11.8 Å². The number of carbonyl (C=O) groups excluding carboxylic acids is 2. The highest BCUT2D eigenvalue weighted by Gasteiger charge is 2.16. The number of amides is 2. The van der Waals surface area contributed by atoms with Crippen LogP contribution in [0.2, 0.25) is 0 Å². The summed E-state index contributed by atoms with van der Waals surface area (Å²) in [6.45, 7) is 7.56. The first kappa shape index (κ1) is 21.8. The van der Waals surface area contributed by atoms with E-state index in [2.05, 4.69) is 17.4 Å². The SMILES string of the molecule is C=CCc1cc(C(=O)NNC(=O)c2ccc(OC(C)C)cc2)cc(OC)c1OC.